The summed E-state index contributed by atoms with van der Waals surface area (Å²) in [5.74, 6) is 2.56. The zero-order valence-corrected chi connectivity index (χ0v) is 21.5. The number of hydrogen-bond donors (Lipinski definition) is 2. The fourth-order valence-electron chi connectivity index (χ4n) is 3.68. The summed E-state index contributed by atoms with van der Waals surface area (Å²) in [5, 5.41) is 7.02. The Labute approximate surface area is 200 Å². The monoisotopic (exact) mass is 532 g/mol. The van der Waals surface area contributed by atoms with Crippen molar-refractivity contribution in [1.29, 1.82) is 0 Å². The first-order valence-corrected chi connectivity index (χ1v) is 11.4. The maximum absolute atomic E-state index is 5.73. The molecule has 0 aromatic heterocycles. The molecule has 2 N–H and O–H groups in total. The molecule has 0 saturated carbocycles. The van der Waals surface area contributed by atoms with E-state index < -0.39 is 0 Å². The van der Waals surface area contributed by atoms with Crippen LogP contribution in [0.15, 0.2) is 23.2 Å². The second kappa shape index (κ2) is 15.6. The molecule has 7 heteroatoms. The molecule has 1 aromatic carbocycles. The second-order valence-electron chi connectivity index (χ2n) is 7.42. The summed E-state index contributed by atoms with van der Waals surface area (Å²) in [6, 6.07) is 6.69. The molecule has 1 aliphatic heterocycles. The van der Waals surface area contributed by atoms with Crippen molar-refractivity contribution in [3.63, 3.8) is 0 Å². The number of aliphatic imine (C=N–C) groups is 1. The number of benzene rings is 1. The number of hydrogen-bond acceptors (Lipinski definition) is 4. The van der Waals surface area contributed by atoms with Crippen LogP contribution in [0, 0.1) is 0 Å². The largest absolute Gasteiger partial charge is 0.490 e. The summed E-state index contributed by atoms with van der Waals surface area (Å²) in [6.07, 6.45) is 4.47. The quantitative estimate of drug-likeness (QED) is 0.256. The van der Waals surface area contributed by atoms with Crippen molar-refractivity contribution >= 4 is 29.9 Å². The van der Waals surface area contributed by atoms with E-state index in [0.29, 0.717) is 19.3 Å². The Balaban J connectivity index is 0.00000450. The molecule has 0 bridgehead atoms. The highest BCUT2D eigenvalue weighted by atomic mass is 127. The van der Waals surface area contributed by atoms with E-state index in [4.69, 9.17) is 14.5 Å². The summed E-state index contributed by atoms with van der Waals surface area (Å²) in [5.41, 5.74) is 1.21. The third-order valence-corrected chi connectivity index (χ3v) is 5.09. The van der Waals surface area contributed by atoms with Crippen LogP contribution in [0.3, 0.4) is 0 Å². The molecule has 1 aromatic rings. The minimum atomic E-state index is 0. The Hall–Kier alpha value is -1.22. The first-order chi connectivity index (χ1) is 14.2. The van der Waals surface area contributed by atoms with E-state index in [-0.39, 0.29) is 24.0 Å². The Morgan fingerprint density at radius 3 is 2.40 bits per heavy atom. The number of piperidine rings is 1. The van der Waals surface area contributed by atoms with Gasteiger partial charge in [-0.3, -0.25) is 4.99 Å². The second-order valence-corrected chi connectivity index (χ2v) is 7.42. The summed E-state index contributed by atoms with van der Waals surface area (Å²) in [7, 11) is 0. The highest BCUT2D eigenvalue weighted by molar-refractivity contribution is 14.0. The van der Waals surface area contributed by atoms with Crippen LogP contribution < -0.4 is 20.1 Å². The summed E-state index contributed by atoms with van der Waals surface area (Å²) in [6.45, 7) is 14.8. The van der Waals surface area contributed by atoms with Gasteiger partial charge in [0.15, 0.2) is 17.5 Å². The molecular formula is C23H41IN4O2. The third kappa shape index (κ3) is 9.29. The van der Waals surface area contributed by atoms with Gasteiger partial charge in [0, 0.05) is 32.2 Å². The van der Waals surface area contributed by atoms with Crippen LogP contribution in [0.25, 0.3) is 0 Å². The van der Waals surface area contributed by atoms with Gasteiger partial charge in [-0.25, -0.2) is 0 Å². The van der Waals surface area contributed by atoms with Gasteiger partial charge in [0.05, 0.1) is 13.2 Å². The Morgan fingerprint density at radius 1 is 1.07 bits per heavy atom. The minimum absolute atomic E-state index is 0. The molecular weight excluding hydrogens is 491 g/mol. The van der Waals surface area contributed by atoms with Gasteiger partial charge in [-0.05, 0) is 70.7 Å². The highest BCUT2D eigenvalue weighted by Crippen LogP contribution is 2.28. The van der Waals surface area contributed by atoms with Gasteiger partial charge in [0.1, 0.15) is 0 Å². The average molecular weight is 533 g/mol. The molecule has 30 heavy (non-hydrogen) atoms. The van der Waals surface area contributed by atoms with Gasteiger partial charge in [0.25, 0.3) is 0 Å². The van der Waals surface area contributed by atoms with Crippen LogP contribution >= 0.6 is 24.0 Å². The number of guanidine groups is 1. The lowest BCUT2D eigenvalue weighted by Crippen LogP contribution is -2.48. The zero-order chi connectivity index (χ0) is 20.9. The molecule has 0 spiro atoms. The molecule has 1 heterocycles. The van der Waals surface area contributed by atoms with Gasteiger partial charge in [-0.1, -0.05) is 13.0 Å². The number of nitrogens with one attached hydrogen (secondary N) is 2. The lowest BCUT2D eigenvalue weighted by atomic mass is 10.1. The van der Waals surface area contributed by atoms with E-state index >= 15 is 0 Å². The van der Waals surface area contributed by atoms with E-state index in [2.05, 4.69) is 41.5 Å². The van der Waals surface area contributed by atoms with E-state index in [9.17, 15) is 0 Å². The van der Waals surface area contributed by atoms with Crippen molar-refractivity contribution in [2.75, 3.05) is 45.9 Å². The van der Waals surface area contributed by atoms with Gasteiger partial charge < -0.3 is 25.0 Å². The zero-order valence-electron chi connectivity index (χ0n) is 19.2. The van der Waals surface area contributed by atoms with Gasteiger partial charge in [0.2, 0.25) is 0 Å². The van der Waals surface area contributed by atoms with Crippen LogP contribution in [-0.2, 0) is 6.42 Å². The topological polar surface area (TPSA) is 58.1 Å². The summed E-state index contributed by atoms with van der Waals surface area (Å²) < 4.78 is 11.4. The van der Waals surface area contributed by atoms with Crippen molar-refractivity contribution < 1.29 is 9.47 Å². The number of nitrogens with zero attached hydrogens (tertiary/aromatic N) is 2. The van der Waals surface area contributed by atoms with Crippen LogP contribution in [0.5, 0.6) is 11.5 Å². The smallest absolute Gasteiger partial charge is 0.191 e. The molecule has 172 valence electrons. The fraction of sp³-hybridized carbons (Fsp3) is 0.696. The molecule has 0 radical (unpaired) electrons. The third-order valence-electron chi connectivity index (χ3n) is 5.09. The summed E-state index contributed by atoms with van der Waals surface area (Å²) >= 11 is 0. The molecule has 1 fully saturated rings. The van der Waals surface area contributed by atoms with Crippen molar-refractivity contribution in [3.8, 4) is 11.5 Å². The summed E-state index contributed by atoms with van der Waals surface area (Å²) in [4.78, 5) is 7.36. The SMILES string of the molecule is CCCN1CCC(NC(=NCCc2ccc(OCC)c(OCC)c2)NCC)CC1.I. The molecule has 0 amide bonds. The molecule has 0 unspecified atom stereocenters. The van der Waals surface area contributed by atoms with E-state index in [1.807, 2.05) is 19.9 Å². The maximum Gasteiger partial charge on any atom is 0.191 e. The fourth-order valence-corrected chi connectivity index (χ4v) is 3.68. The number of ether oxygens (including phenoxy) is 2. The minimum Gasteiger partial charge on any atom is -0.490 e. The predicted molar refractivity (Wildman–Crippen MR) is 137 cm³/mol. The van der Waals surface area contributed by atoms with Crippen molar-refractivity contribution in [2.24, 2.45) is 4.99 Å². The van der Waals surface area contributed by atoms with Gasteiger partial charge in [-0.2, -0.15) is 0 Å². The molecule has 0 aliphatic carbocycles. The molecule has 1 aliphatic rings. The van der Waals surface area contributed by atoms with E-state index in [1.165, 1.54) is 44.5 Å². The lowest BCUT2D eigenvalue weighted by Gasteiger charge is -2.32. The number of likely N-dealkylation sites (tertiary alicyclic amines) is 1. The van der Waals surface area contributed by atoms with E-state index in [1.54, 1.807) is 0 Å². The predicted octanol–water partition coefficient (Wildman–Crippen LogP) is 4.07. The number of halogens is 1. The van der Waals surface area contributed by atoms with Gasteiger partial charge in [-0.15, -0.1) is 24.0 Å². The van der Waals surface area contributed by atoms with Crippen LogP contribution in [0.2, 0.25) is 0 Å². The normalized spacial score (nSPS) is 15.4. The molecule has 0 atom stereocenters. The van der Waals surface area contributed by atoms with Crippen LogP contribution in [0.4, 0.5) is 0 Å². The molecule has 1 saturated heterocycles. The van der Waals surface area contributed by atoms with Gasteiger partial charge >= 0.3 is 0 Å². The standard InChI is InChI=1S/C23H40N4O2.HI/c1-5-15-27-16-12-20(13-17-27)26-23(24-6-2)25-14-11-19-9-10-21(28-7-3)22(18-19)29-8-4;/h9-10,18,20H,5-8,11-17H2,1-4H3,(H2,24,25,26);1H. The van der Waals surface area contributed by atoms with Crippen LogP contribution in [0.1, 0.15) is 52.5 Å². The Kier molecular flexibility index (Phi) is 13.9. The van der Waals surface area contributed by atoms with Crippen molar-refractivity contribution in [3.05, 3.63) is 23.8 Å². The average Bonchev–Trinajstić information content (AvgIpc) is 2.72. The van der Waals surface area contributed by atoms with Crippen molar-refractivity contribution in [2.45, 2.75) is 59.4 Å². The molecule has 6 nitrogen and oxygen atoms in total. The van der Waals surface area contributed by atoms with Crippen LogP contribution in [-0.4, -0.2) is 62.8 Å². The first kappa shape index (κ1) is 26.8. The highest BCUT2D eigenvalue weighted by Gasteiger charge is 2.19. The van der Waals surface area contributed by atoms with E-state index in [0.717, 1.165) is 37.0 Å². The van der Waals surface area contributed by atoms with Crippen molar-refractivity contribution in [1.82, 2.24) is 15.5 Å². The lowest BCUT2D eigenvalue weighted by molar-refractivity contribution is 0.206. The Bertz CT molecular complexity index is 619. The first-order valence-electron chi connectivity index (χ1n) is 11.4. The number of rotatable bonds is 11. The maximum atomic E-state index is 5.73. The molecule has 2 rings (SSSR count). The Morgan fingerprint density at radius 2 is 1.77 bits per heavy atom.